The van der Waals surface area contributed by atoms with Crippen LogP contribution >= 0.6 is 11.6 Å². The van der Waals surface area contributed by atoms with E-state index in [9.17, 15) is 13.9 Å². The van der Waals surface area contributed by atoms with Crippen molar-refractivity contribution >= 4 is 22.8 Å². The molecule has 1 aromatic carbocycles. The number of nitrogens with one attached hydrogen (secondary N) is 1. The maximum Gasteiger partial charge on any atom is 0.296 e. The van der Waals surface area contributed by atoms with Crippen LogP contribution in [0.25, 0.3) is 11.2 Å². The minimum Gasteiger partial charge on any atom is -0.493 e. The number of H-pyrrole nitrogens is 1. The summed E-state index contributed by atoms with van der Waals surface area (Å²) in [5.74, 6) is -1.76. The molecule has 13 heteroatoms. The van der Waals surface area contributed by atoms with Crippen molar-refractivity contribution in [3.05, 3.63) is 40.4 Å². The predicted octanol–water partition coefficient (Wildman–Crippen LogP) is 2.14. The molecular weight excluding hydrogens is 492 g/mol. The molecule has 2 aliphatic rings. The van der Waals surface area contributed by atoms with Crippen LogP contribution in [0.2, 0.25) is 5.02 Å². The smallest absolute Gasteiger partial charge is 0.296 e. The molecule has 3 aromatic rings. The Kier molecular flexibility index (Phi) is 6.89. The van der Waals surface area contributed by atoms with Crippen LogP contribution < -0.4 is 14.2 Å². The molecule has 2 aliphatic heterocycles. The van der Waals surface area contributed by atoms with Gasteiger partial charge >= 0.3 is 0 Å². The lowest BCUT2D eigenvalue weighted by atomic mass is 10.1. The molecule has 35 heavy (non-hydrogen) atoms. The second-order valence-electron chi connectivity index (χ2n) is 8.09. The summed E-state index contributed by atoms with van der Waals surface area (Å²) in [5.41, 5.74) is 0.357. The van der Waals surface area contributed by atoms with Gasteiger partial charge in [0.15, 0.2) is 11.8 Å². The van der Waals surface area contributed by atoms with Crippen molar-refractivity contribution in [2.45, 2.75) is 37.4 Å². The van der Waals surface area contributed by atoms with Gasteiger partial charge in [-0.25, -0.2) is 8.78 Å². The number of hydrogen-bond donors (Lipinski definition) is 3. The molecule has 3 N–H and O–H groups in total. The number of aromatic amines is 1. The maximum atomic E-state index is 14.4. The summed E-state index contributed by atoms with van der Waals surface area (Å²) in [5, 5.41) is 18.7. The fourth-order valence-corrected chi connectivity index (χ4v) is 4.13. The lowest BCUT2D eigenvalue weighted by molar-refractivity contribution is 0.00706. The first-order valence-electron chi connectivity index (χ1n) is 10.9. The molecular formula is C22H22ClF2N3O7. The number of nitrogens with zero attached hydrogens (tertiary/aromatic N) is 2. The van der Waals surface area contributed by atoms with E-state index in [1.807, 2.05) is 0 Å². The van der Waals surface area contributed by atoms with E-state index in [1.54, 1.807) is 0 Å². The van der Waals surface area contributed by atoms with Gasteiger partial charge in [0.25, 0.3) is 6.01 Å². The van der Waals surface area contributed by atoms with E-state index in [4.69, 9.17) is 40.4 Å². The number of aliphatic hydroxyl groups is 2. The van der Waals surface area contributed by atoms with E-state index in [2.05, 4.69) is 15.0 Å². The molecule has 188 valence electrons. The number of fused-ring (bicyclic) bond motifs is 2. The molecule has 4 heterocycles. The third kappa shape index (κ3) is 4.98. The Labute approximate surface area is 202 Å². The first-order chi connectivity index (χ1) is 16.9. The Bertz CT molecular complexity index is 1190. The number of pyridine rings is 1. The van der Waals surface area contributed by atoms with E-state index in [-0.39, 0.29) is 60.3 Å². The van der Waals surface area contributed by atoms with Crippen molar-refractivity contribution in [2.24, 2.45) is 0 Å². The van der Waals surface area contributed by atoms with Crippen LogP contribution in [-0.2, 0) is 16.1 Å². The van der Waals surface area contributed by atoms with Crippen molar-refractivity contribution in [1.29, 1.82) is 0 Å². The van der Waals surface area contributed by atoms with Gasteiger partial charge in [-0.05, 0) is 6.07 Å². The van der Waals surface area contributed by atoms with Gasteiger partial charge in [-0.15, -0.1) is 0 Å². The van der Waals surface area contributed by atoms with Gasteiger partial charge in [0, 0.05) is 25.2 Å². The average Bonchev–Trinajstić information content (AvgIpc) is 3.50. The molecule has 10 nitrogen and oxygen atoms in total. The molecule has 4 atom stereocenters. The lowest BCUT2D eigenvalue weighted by Crippen LogP contribution is -2.34. The fourth-order valence-electron chi connectivity index (χ4n) is 3.92. The number of aromatic nitrogens is 3. The number of aliphatic hydroxyl groups excluding tert-OH is 2. The molecule has 0 spiro atoms. The zero-order valence-electron chi connectivity index (χ0n) is 18.2. The van der Waals surface area contributed by atoms with Crippen LogP contribution in [0, 0.1) is 11.6 Å². The highest BCUT2D eigenvalue weighted by atomic mass is 35.5. The summed E-state index contributed by atoms with van der Waals surface area (Å²) in [6.07, 6.45) is -1.68. The highest BCUT2D eigenvalue weighted by Crippen LogP contribution is 2.32. The Morgan fingerprint density at radius 3 is 2.63 bits per heavy atom. The van der Waals surface area contributed by atoms with Gasteiger partial charge in [-0.3, -0.25) is 0 Å². The highest BCUT2D eigenvalue weighted by molar-refractivity contribution is 6.32. The van der Waals surface area contributed by atoms with Crippen LogP contribution in [0.5, 0.6) is 17.6 Å². The lowest BCUT2D eigenvalue weighted by Gasteiger charge is -2.15. The van der Waals surface area contributed by atoms with Crippen molar-refractivity contribution in [2.75, 3.05) is 26.4 Å². The summed E-state index contributed by atoms with van der Waals surface area (Å²) in [7, 11) is 0. The van der Waals surface area contributed by atoms with Gasteiger partial charge in [0.1, 0.15) is 47.3 Å². The highest BCUT2D eigenvalue weighted by Gasteiger charge is 2.48. The van der Waals surface area contributed by atoms with E-state index < -0.39 is 42.7 Å². The summed E-state index contributed by atoms with van der Waals surface area (Å²) in [4.78, 5) is 11.4. The van der Waals surface area contributed by atoms with Gasteiger partial charge in [0.05, 0.1) is 30.9 Å². The third-order valence-corrected chi connectivity index (χ3v) is 5.93. The van der Waals surface area contributed by atoms with E-state index in [0.717, 1.165) is 12.1 Å². The van der Waals surface area contributed by atoms with E-state index in [1.165, 1.54) is 6.07 Å². The Balaban J connectivity index is 1.27. The summed E-state index contributed by atoms with van der Waals surface area (Å²) < 4.78 is 56.4. The molecule has 2 aromatic heterocycles. The zero-order valence-corrected chi connectivity index (χ0v) is 19.0. The summed E-state index contributed by atoms with van der Waals surface area (Å²) >= 11 is 6.24. The number of rotatable bonds is 9. The minimum atomic E-state index is -0.854. The first-order valence-corrected chi connectivity index (χ1v) is 11.3. The maximum absolute atomic E-state index is 14.4. The van der Waals surface area contributed by atoms with Crippen LogP contribution in [0.4, 0.5) is 8.78 Å². The molecule has 5 rings (SSSR count). The number of ether oxygens (including phenoxy) is 5. The van der Waals surface area contributed by atoms with Crippen molar-refractivity contribution in [3.8, 4) is 17.6 Å². The molecule has 0 aliphatic carbocycles. The van der Waals surface area contributed by atoms with E-state index in [0.29, 0.717) is 11.9 Å². The van der Waals surface area contributed by atoms with Crippen LogP contribution in [0.1, 0.15) is 12.0 Å². The second kappa shape index (κ2) is 10.1. The second-order valence-corrected chi connectivity index (χ2v) is 8.49. The number of hydrogen-bond acceptors (Lipinski definition) is 9. The standard InChI is InChI=1S/C22H22ClF2N3O7/c23-12-6-15-20(28-22(26-15)35-17-9-33-18-16(30)8-32-19(17)18)27-21(12)34-7-11-13(24)4-10(5-14(11)25)31-3-1-2-29/h4-6,16-19,29-30H,1-3,7-9H2,(H,26,27,28)/t16-,17-,18?,19?/m1/s1. The predicted molar refractivity (Wildman–Crippen MR) is 117 cm³/mol. The van der Waals surface area contributed by atoms with Crippen molar-refractivity contribution in [3.63, 3.8) is 0 Å². The molecule has 0 bridgehead atoms. The molecule has 2 fully saturated rings. The fraction of sp³-hybridized carbons (Fsp3) is 0.455. The van der Waals surface area contributed by atoms with Gasteiger partial charge in [-0.1, -0.05) is 11.6 Å². The third-order valence-electron chi connectivity index (χ3n) is 5.66. The normalized spacial score (nSPS) is 23.6. The van der Waals surface area contributed by atoms with Gasteiger partial charge < -0.3 is 38.9 Å². The molecule has 0 amide bonds. The zero-order chi connectivity index (χ0) is 24.5. The minimum absolute atomic E-state index is 0.00956. The molecule has 0 saturated carbocycles. The Morgan fingerprint density at radius 1 is 1.09 bits per heavy atom. The van der Waals surface area contributed by atoms with Crippen molar-refractivity contribution in [1.82, 2.24) is 15.0 Å². The molecule has 0 radical (unpaired) electrons. The number of benzene rings is 1. The van der Waals surface area contributed by atoms with E-state index >= 15 is 0 Å². The monoisotopic (exact) mass is 513 g/mol. The van der Waals surface area contributed by atoms with Gasteiger partial charge in [0.2, 0.25) is 5.88 Å². The van der Waals surface area contributed by atoms with Crippen LogP contribution in [0.15, 0.2) is 18.2 Å². The summed E-state index contributed by atoms with van der Waals surface area (Å²) in [6, 6.07) is 3.74. The quantitative estimate of drug-likeness (QED) is 0.369. The Morgan fingerprint density at radius 2 is 1.86 bits per heavy atom. The van der Waals surface area contributed by atoms with Crippen molar-refractivity contribution < 1.29 is 42.7 Å². The van der Waals surface area contributed by atoms with Crippen LogP contribution in [-0.4, -0.2) is 76.0 Å². The van der Waals surface area contributed by atoms with Crippen LogP contribution in [0.3, 0.4) is 0 Å². The molecule has 2 unspecified atom stereocenters. The number of imidazole rings is 1. The summed E-state index contributed by atoms with van der Waals surface area (Å²) in [6.45, 7) is -0.0256. The SMILES string of the molecule is OCCCOc1cc(F)c(COc2nc3nc(O[C@@H]4COC5C4OC[C@H]5O)[nH]c3cc2Cl)c(F)c1. The average molecular weight is 514 g/mol. The Hall–Kier alpha value is -2.77. The first kappa shape index (κ1) is 23.9. The topological polar surface area (TPSA) is 128 Å². The molecule has 2 saturated heterocycles. The van der Waals surface area contributed by atoms with Gasteiger partial charge in [-0.2, -0.15) is 9.97 Å². The largest absolute Gasteiger partial charge is 0.493 e. The number of halogens is 3.